The maximum Gasteiger partial charge on any atom is 0.243 e. The summed E-state index contributed by atoms with van der Waals surface area (Å²) in [6, 6.07) is 32.1. The summed E-state index contributed by atoms with van der Waals surface area (Å²) in [5, 5.41) is 0.410. The van der Waals surface area contributed by atoms with E-state index in [1.807, 2.05) is 36.4 Å². The maximum atomic E-state index is 13.6. The molecule has 9 heteroatoms. The van der Waals surface area contributed by atoms with Crippen LogP contribution in [0.1, 0.15) is 22.7 Å². The highest BCUT2D eigenvalue weighted by molar-refractivity contribution is 7.89. The largest absolute Gasteiger partial charge is 0.339 e. The molecule has 0 atom stereocenters. The van der Waals surface area contributed by atoms with Crippen LogP contribution in [0.15, 0.2) is 114 Å². The maximum absolute atomic E-state index is 13.6. The number of benzene rings is 4. The number of amides is 1. The number of rotatable bonds is 9. The fourth-order valence-corrected chi connectivity index (χ4v) is 6.64. The highest BCUT2D eigenvalue weighted by atomic mass is 35.5. The fraction of sp³-hybridized carbons (Fsp3) is 0.219. The Kier molecular flexibility index (Phi) is 9.15. The van der Waals surface area contributed by atoms with Crippen LogP contribution in [0.25, 0.3) is 0 Å². The third-order valence-corrected chi connectivity index (χ3v) is 9.36. The van der Waals surface area contributed by atoms with Crippen LogP contribution < -0.4 is 0 Å². The summed E-state index contributed by atoms with van der Waals surface area (Å²) < 4.78 is 41.9. The van der Waals surface area contributed by atoms with Gasteiger partial charge in [0.25, 0.3) is 0 Å². The average molecular weight is 592 g/mol. The van der Waals surface area contributed by atoms with Gasteiger partial charge in [-0.2, -0.15) is 4.31 Å². The molecule has 4 aromatic rings. The van der Waals surface area contributed by atoms with Crippen LogP contribution in [0.2, 0.25) is 5.02 Å². The molecule has 1 heterocycles. The van der Waals surface area contributed by atoms with Gasteiger partial charge in [0.05, 0.1) is 17.5 Å². The zero-order chi connectivity index (χ0) is 28.8. The standard InChI is InChI=1S/C32H31ClFN3O3S/c33-28-13-17-30(18-14-28)41(39,40)37(23-25-11-15-29(34)16-12-25)24-31(38)35-19-21-36(22-20-35)32(26-7-3-1-4-8-26)27-9-5-2-6-10-27/h1-18,32H,19-24H2. The molecule has 0 saturated carbocycles. The van der Waals surface area contributed by atoms with Gasteiger partial charge >= 0.3 is 0 Å². The quantitative estimate of drug-likeness (QED) is 0.254. The van der Waals surface area contributed by atoms with E-state index < -0.39 is 15.8 Å². The lowest BCUT2D eigenvalue weighted by Crippen LogP contribution is -2.52. The molecular weight excluding hydrogens is 561 g/mol. The molecule has 0 unspecified atom stereocenters. The van der Waals surface area contributed by atoms with Crippen LogP contribution >= 0.6 is 11.6 Å². The van der Waals surface area contributed by atoms with Gasteiger partial charge in [-0.1, -0.05) is 84.4 Å². The van der Waals surface area contributed by atoms with Gasteiger partial charge in [-0.3, -0.25) is 9.69 Å². The van der Waals surface area contributed by atoms with Crippen molar-refractivity contribution >= 4 is 27.5 Å². The zero-order valence-electron chi connectivity index (χ0n) is 22.4. The molecular formula is C32H31ClFN3O3S. The average Bonchev–Trinajstić information content (AvgIpc) is 3.00. The summed E-state index contributed by atoms with van der Waals surface area (Å²) in [6.07, 6.45) is 0. The Hall–Kier alpha value is -3.56. The van der Waals surface area contributed by atoms with Crippen LogP contribution in [0.5, 0.6) is 0 Å². The SMILES string of the molecule is O=C(CN(Cc1ccc(F)cc1)S(=O)(=O)c1ccc(Cl)cc1)N1CCN(C(c2ccccc2)c2ccccc2)CC1. The molecule has 0 aromatic heterocycles. The lowest BCUT2D eigenvalue weighted by molar-refractivity contribution is -0.133. The Balaban J connectivity index is 1.32. The topological polar surface area (TPSA) is 60.9 Å². The Morgan fingerprint density at radius 3 is 1.85 bits per heavy atom. The van der Waals surface area contributed by atoms with Crippen molar-refractivity contribution in [2.75, 3.05) is 32.7 Å². The van der Waals surface area contributed by atoms with Gasteiger partial charge in [-0.05, 0) is 53.1 Å². The van der Waals surface area contributed by atoms with Gasteiger partial charge in [-0.25, -0.2) is 12.8 Å². The number of hydrogen-bond donors (Lipinski definition) is 0. The molecule has 41 heavy (non-hydrogen) atoms. The lowest BCUT2D eigenvalue weighted by atomic mass is 9.96. The van der Waals surface area contributed by atoms with Crippen LogP contribution in [0, 0.1) is 5.82 Å². The highest BCUT2D eigenvalue weighted by Crippen LogP contribution is 2.29. The number of halogens is 2. The van der Waals surface area contributed by atoms with Crippen molar-refractivity contribution in [2.24, 2.45) is 0 Å². The van der Waals surface area contributed by atoms with E-state index in [9.17, 15) is 17.6 Å². The van der Waals surface area contributed by atoms with Gasteiger partial charge in [0, 0.05) is 37.7 Å². The van der Waals surface area contributed by atoms with Crippen LogP contribution in [-0.4, -0.2) is 61.2 Å². The molecule has 5 rings (SSSR count). The number of sulfonamides is 1. The molecule has 1 aliphatic heterocycles. The molecule has 0 aliphatic carbocycles. The second-order valence-corrected chi connectivity index (χ2v) is 12.4. The van der Waals surface area contributed by atoms with Gasteiger partial charge in [0.15, 0.2) is 0 Å². The Morgan fingerprint density at radius 1 is 0.780 bits per heavy atom. The van der Waals surface area contributed by atoms with E-state index in [1.54, 1.807) is 4.90 Å². The summed E-state index contributed by atoms with van der Waals surface area (Å²) in [5.41, 5.74) is 2.94. The number of carbonyl (C=O) groups is 1. The van der Waals surface area contributed by atoms with Gasteiger partial charge in [0.1, 0.15) is 5.82 Å². The summed E-state index contributed by atoms with van der Waals surface area (Å²) in [5.74, 6) is -0.695. The molecule has 4 aromatic carbocycles. The third kappa shape index (κ3) is 7.02. The van der Waals surface area contributed by atoms with Crippen LogP contribution in [-0.2, 0) is 21.4 Å². The second kappa shape index (κ2) is 13.0. The summed E-state index contributed by atoms with van der Waals surface area (Å²) in [6.45, 7) is 1.83. The molecule has 6 nitrogen and oxygen atoms in total. The van der Waals surface area contributed by atoms with Crippen LogP contribution in [0.4, 0.5) is 4.39 Å². The second-order valence-electron chi connectivity index (χ2n) is 9.99. The molecule has 0 bridgehead atoms. The Morgan fingerprint density at radius 2 is 1.32 bits per heavy atom. The zero-order valence-corrected chi connectivity index (χ0v) is 24.0. The van der Waals surface area contributed by atoms with Crippen molar-refractivity contribution in [2.45, 2.75) is 17.5 Å². The van der Waals surface area contributed by atoms with E-state index in [1.165, 1.54) is 59.7 Å². The molecule has 1 fully saturated rings. The minimum Gasteiger partial charge on any atom is -0.339 e. The smallest absolute Gasteiger partial charge is 0.243 e. The molecule has 1 saturated heterocycles. The monoisotopic (exact) mass is 591 g/mol. The molecule has 212 valence electrons. The minimum absolute atomic E-state index is 0.0372. The molecule has 0 N–H and O–H groups in total. The van der Waals surface area contributed by atoms with Crippen molar-refractivity contribution in [1.29, 1.82) is 0 Å². The number of nitrogens with zero attached hydrogens (tertiary/aromatic N) is 3. The first-order chi connectivity index (χ1) is 19.8. The first-order valence-electron chi connectivity index (χ1n) is 13.4. The van der Waals surface area contributed by atoms with E-state index in [2.05, 4.69) is 29.2 Å². The van der Waals surface area contributed by atoms with E-state index in [4.69, 9.17) is 11.6 Å². The minimum atomic E-state index is -4.03. The molecule has 1 amide bonds. The fourth-order valence-electron chi connectivity index (χ4n) is 5.14. The van der Waals surface area contributed by atoms with Gasteiger partial charge < -0.3 is 4.90 Å². The molecule has 0 spiro atoms. The highest BCUT2D eigenvalue weighted by Gasteiger charge is 2.32. The van der Waals surface area contributed by atoms with E-state index >= 15 is 0 Å². The molecule has 1 aliphatic rings. The van der Waals surface area contributed by atoms with Crippen molar-refractivity contribution in [3.63, 3.8) is 0 Å². The number of hydrogen-bond acceptors (Lipinski definition) is 4. The molecule has 0 radical (unpaired) electrons. The Bertz CT molecular complexity index is 1510. The van der Waals surface area contributed by atoms with E-state index in [0.717, 1.165) is 4.31 Å². The van der Waals surface area contributed by atoms with E-state index in [0.29, 0.717) is 36.8 Å². The first kappa shape index (κ1) is 29.0. The Labute approximate surface area is 245 Å². The van der Waals surface area contributed by atoms with Crippen molar-refractivity contribution in [1.82, 2.24) is 14.1 Å². The third-order valence-electron chi connectivity index (χ3n) is 7.30. The van der Waals surface area contributed by atoms with Crippen molar-refractivity contribution in [3.05, 3.63) is 137 Å². The predicted octanol–water partition coefficient (Wildman–Crippen LogP) is 5.60. The van der Waals surface area contributed by atoms with E-state index in [-0.39, 0.29) is 29.9 Å². The number of carbonyl (C=O) groups excluding carboxylic acids is 1. The summed E-state index contributed by atoms with van der Waals surface area (Å²) in [4.78, 5) is 17.6. The van der Waals surface area contributed by atoms with Gasteiger partial charge in [0.2, 0.25) is 15.9 Å². The number of piperazine rings is 1. The summed E-state index contributed by atoms with van der Waals surface area (Å²) >= 11 is 5.98. The lowest BCUT2D eigenvalue weighted by Gasteiger charge is -2.40. The normalized spacial score (nSPS) is 14.5. The first-order valence-corrected chi connectivity index (χ1v) is 15.2. The van der Waals surface area contributed by atoms with Crippen molar-refractivity contribution in [3.8, 4) is 0 Å². The van der Waals surface area contributed by atoms with Crippen molar-refractivity contribution < 1.29 is 17.6 Å². The predicted molar refractivity (Wildman–Crippen MR) is 158 cm³/mol. The van der Waals surface area contributed by atoms with Crippen LogP contribution in [0.3, 0.4) is 0 Å². The summed E-state index contributed by atoms with van der Waals surface area (Å²) in [7, 11) is -4.03. The van der Waals surface area contributed by atoms with Gasteiger partial charge in [-0.15, -0.1) is 0 Å².